The van der Waals surface area contributed by atoms with Gasteiger partial charge >= 0.3 is 6.18 Å². The summed E-state index contributed by atoms with van der Waals surface area (Å²) in [5, 5.41) is 0. The molecule has 0 aromatic rings. The van der Waals surface area contributed by atoms with Crippen LogP contribution in [0.15, 0.2) is 36.5 Å². The smallest absolute Gasteiger partial charge is 0.171 e. The topological polar surface area (TPSA) is 0 Å². The second-order valence-corrected chi connectivity index (χ2v) is 2.55. The molecular weight excluding hydrogens is 177 g/mol. The van der Waals surface area contributed by atoms with E-state index in [1.54, 1.807) is 12.2 Å². The molecule has 0 aromatic carbocycles. The van der Waals surface area contributed by atoms with Gasteiger partial charge in [0.15, 0.2) is 0 Å². The van der Waals surface area contributed by atoms with Gasteiger partial charge < -0.3 is 0 Å². The van der Waals surface area contributed by atoms with Crippen molar-refractivity contribution in [3.63, 3.8) is 0 Å². The maximum absolute atomic E-state index is 11.8. The summed E-state index contributed by atoms with van der Waals surface area (Å²) >= 11 is 0. The summed E-state index contributed by atoms with van der Waals surface area (Å²) in [6.07, 6.45) is 1.63. The summed E-state index contributed by atoms with van der Waals surface area (Å²) in [5.41, 5.74) is 0.678. The first kappa shape index (κ1) is 12.0. The van der Waals surface area contributed by atoms with Gasteiger partial charge in [-0.15, -0.1) is 0 Å². The van der Waals surface area contributed by atoms with Gasteiger partial charge in [-0.25, -0.2) is 0 Å². The summed E-state index contributed by atoms with van der Waals surface area (Å²) in [5.74, 6) is 0. The zero-order chi connectivity index (χ0) is 10.3. The Labute approximate surface area is 76.5 Å². The number of alkyl halides is 3. The number of hydrogen-bond donors (Lipinski definition) is 0. The summed E-state index contributed by atoms with van der Waals surface area (Å²) < 4.78 is 35.4. The predicted molar refractivity (Wildman–Crippen MR) is 48.4 cm³/mol. The van der Waals surface area contributed by atoms with E-state index >= 15 is 0 Å². The predicted octanol–water partition coefficient (Wildman–Crippen LogP) is 4.02. The van der Waals surface area contributed by atoms with Gasteiger partial charge in [-0.3, -0.25) is 0 Å². The van der Waals surface area contributed by atoms with Gasteiger partial charge in [0.2, 0.25) is 0 Å². The van der Waals surface area contributed by atoms with Crippen LogP contribution in [0.25, 0.3) is 0 Å². The van der Waals surface area contributed by atoms with Gasteiger partial charge in [0.25, 0.3) is 0 Å². The van der Waals surface area contributed by atoms with Gasteiger partial charge in [0.05, 0.1) is 6.42 Å². The molecule has 0 heterocycles. The summed E-state index contributed by atoms with van der Waals surface area (Å²) in [6.45, 7) is 5.25. The normalized spacial score (nSPS) is 13.7. The van der Waals surface area contributed by atoms with E-state index in [2.05, 4.69) is 6.58 Å². The first-order chi connectivity index (χ1) is 5.99. The average molecular weight is 190 g/mol. The molecule has 0 aliphatic carbocycles. The van der Waals surface area contributed by atoms with Crippen LogP contribution in [-0.2, 0) is 0 Å². The molecule has 0 aliphatic heterocycles. The zero-order valence-electron chi connectivity index (χ0n) is 7.56. The molecule has 13 heavy (non-hydrogen) atoms. The number of allylic oxidation sites excluding steroid dienone is 5. The van der Waals surface area contributed by atoms with Crippen LogP contribution in [0.1, 0.15) is 19.8 Å². The second-order valence-electron chi connectivity index (χ2n) is 2.55. The fraction of sp³-hybridized carbons (Fsp3) is 0.400. The van der Waals surface area contributed by atoms with Crippen molar-refractivity contribution in [3.05, 3.63) is 36.5 Å². The fourth-order valence-electron chi connectivity index (χ4n) is 0.769. The van der Waals surface area contributed by atoms with Crippen LogP contribution in [0.4, 0.5) is 13.2 Å². The highest BCUT2D eigenvalue weighted by Gasteiger charge is 2.24. The van der Waals surface area contributed by atoms with E-state index in [9.17, 15) is 13.2 Å². The van der Waals surface area contributed by atoms with Crippen LogP contribution in [0.3, 0.4) is 0 Å². The molecule has 0 amide bonds. The van der Waals surface area contributed by atoms with Gasteiger partial charge in [-0.1, -0.05) is 43.4 Å². The van der Waals surface area contributed by atoms with Crippen molar-refractivity contribution in [3.8, 4) is 0 Å². The number of rotatable bonds is 4. The van der Waals surface area contributed by atoms with E-state index in [4.69, 9.17) is 0 Å². The van der Waals surface area contributed by atoms with E-state index < -0.39 is 12.6 Å². The molecule has 0 aliphatic rings. The van der Waals surface area contributed by atoms with Crippen LogP contribution in [0.5, 0.6) is 0 Å². The van der Waals surface area contributed by atoms with Crippen LogP contribution in [0, 0.1) is 0 Å². The Hall–Kier alpha value is -0.990. The fourth-order valence-corrected chi connectivity index (χ4v) is 0.769. The van der Waals surface area contributed by atoms with Gasteiger partial charge in [-0.05, 0) is 6.42 Å². The van der Waals surface area contributed by atoms with Crippen LogP contribution in [-0.4, -0.2) is 6.18 Å². The highest BCUT2D eigenvalue weighted by molar-refractivity contribution is 5.21. The van der Waals surface area contributed by atoms with E-state index in [0.29, 0.717) is 12.0 Å². The van der Waals surface area contributed by atoms with Crippen LogP contribution >= 0.6 is 0 Å². The van der Waals surface area contributed by atoms with Gasteiger partial charge in [-0.2, -0.15) is 13.2 Å². The quantitative estimate of drug-likeness (QED) is 0.587. The van der Waals surface area contributed by atoms with E-state index in [1.165, 1.54) is 12.2 Å². The van der Waals surface area contributed by atoms with Crippen molar-refractivity contribution in [2.75, 3.05) is 0 Å². The molecule has 0 radical (unpaired) electrons. The molecule has 74 valence electrons. The molecular formula is C10H13F3. The Bertz CT molecular complexity index is 209. The van der Waals surface area contributed by atoms with Crippen LogP contribution in [0.2, 0.25) is 0 Å². The molecule has 0 rings (SSSR count). The highest BCUT2D eigenvalue weighted by atomic mass is 19.4. The summed E-state index contributed by atoms with van der Waals surface area (Å²) in [6, 6.07) is 0. The molecule has 0 fully saturated rings. The molecule has 0 saturated carbocycles. The third-order valence-corrected chi connectivity index (χ3v) is 1.45. The maximum Gasteiger partial charge on any atom is 0.392 e. The molecule has 0 N–H and O–H groups in total. The van der Waals surface area contributed by atoms with E-state index in [0.717, 1.165) is 0 Å². The summed E-state index contributed by atoms with van der Waals surface area (Å²) in [4.78, 5) is 0. The molecule has 0 saturated heterocycles. The zero-order valence-corrected chi connectivity index (χ0v) is 7.56. The Morgan fingerprint density at radius 1 is 1.38 bits per heavy atom. The lowest BCUT2D eigenvalue weighted by Crippen LogP contribution is -2.04. The lowest BCUT2D eigenvalue weighted by atomic mass is 10.1. The molecule has 0 unspecified atom stereocenters. The standard InChI is InChI=1S/C10H13F3/c1-3-5-6-9(4-2)7-8-10(11,12)13/h3,5-7H,1,4,8H2,2H3/b6-5-,9-7-. The Balaban J connectivity index is 4.23. The third kappa shape index (κ3) is 7.37. The summed E-state index contributed by atoms with van der Waals surface area (Å²) in [7, 11) is 0. The lowest BCUT2D eigenvalue weighted by molar-refractivity contribution is -0.125. The van der Waals surface area contributed by atoms with Crippen molar-refractivity contribution < 1.29 is 13.2 Å². The molecule has 3 heteroatoms. The Morgan fingerprint density at radius 2 is 2.00 bits per heavy atom. The molecule has 0 nitrogen and oxygen atoms in total. The number of halogens is 3. The first-order valence-corrected chi connectivity index (χ1v) is 4.04. The van der Waals surface area contributed by atoms with Crippen molar-refractivity contribution in [1.29, 1.82) is 0 Å². The molecule has 0 spiro atoms. The van der Waals surface area contributed by atoms with Crippen molar-refractivity contribution in [2.45, 2.75) is 25.9 Å². The van der Waals surface area contributed by atoms with Crippen molar-refractivity contribution in [2.24, 2.45) is 0 Å². The van der Waals surface area contributed by atoms with Crippen molar-refractivity contribution in [1.82, 2.24) is 0 Å². The minimum Gasteiger partial charge on any atom is -0.171 e. The lowest BCUT2D eigenvalue weighted by Gasteiger charge is -2.02. The molecule has 0 bridgehead atoms. The Morgan fingerprint density at radius 3 is 2.38 bits per heavy atom. The third-order valence-electron chi connectivity index (χ3n) is 1.45. The SMILES string of the molecule is C=C/C=C\C(=C/CC(F)(F)F)CC. The largest absolute Gasteiger partial charge is 0.392 e. The maximum atomic E-state index is 11.8. The highest BCUT2D eigenvalue weighted by Crippen LogP contribution is 2.21. The van der Waals surface area contributed by atoms with Gasteiger partial charge in [0, 0.05) is 0 Å². The van der Waals surface area contributed by atoms with Gasteiger partial charge in [0.1, 0.15) is 0 Å². The van der Waals surface area contributed by atoms with Crippen LogP contribution < -0.4 is 0 Å². The minimum atomic E-state index is -4.11. The molecule has 0 atom stereocenters. The van der Waals surface area contributed by atoms with E-state index in [-0.39, 0.29) is 0 Å². The minimum absolute atomic E-state index is 0.598. The molecule has 0 aromatic heterocycles. The second kappa shape index (κ2) is 5.62. The average Bonchev–Trinajstić information content (AvgIpc) is 2.03. The monoisotopic (exact) mass is 190 g/mol. The number of hydrogen-bond acceptors (Lipinski definition) is 0. The van der Waals surface area contributed by atoms with E-state index in [1.807, 2.05) is 6.92 Å². The van der Waals surface area contributed by atoms with Crippen molar-refractivity contribution >= 4 is 0 Å². The first-order valence-electron chi connectivity index (χ1n) is 4.04. The Kier molecular flexibility index (Phi) is 5.19.